The van der Waals surface area contributed by atoms with Crippen LogP contribution in [0.25, 0.3) is 0 Å². The molecule has 0 spiro atoms. The third-order valence-electron chi connectivity index (χ3n) is 4.29. The highest BCUT2D eigenvalue weighted by molar-refractivity contribution is 5.77. The summed E-state index contributed by atoms with van der Waals surface area (Å²) in [6.07, 6.45) is 17.6. The second kappa shape index (κ2) is 25.6. The number of unbranched alkanes of at least 4 members (excludes halogenated alkanes) is 3. The summed E-state index contributed by atoms with van der Waals surface area (Å²) in [5, 5.41) is 0. The molecule has 0 aromatic heterocycles. The molecule has 0 heterocycles. The van der Waals surface area contributed by atoms with Crippen molar-refractivity contribution in [3.63, 3.8) is 0 Å². The van der Waals surface area contributed by atoms with Gasteiger partial charge < -0.3 is 0 Å². The Morgan fingerprint density at radius 2 is 1.54 bits per heavy atom. The second-order valence-corrected chi connectivity index (χ2v) is 6.76. The topological polar surface area (TPSA) is 12.4 Å². The molecule has 0 aliphatic rings. The standard InChI is InChI=1S/C14H28.C10H14FN.C2H6/c1-4-7-10-13-14(11-8-5-2)12-9-6-3;1-5-8(3)10(11)7-12-9(4)6-2;1-2/h10,13-14H,4-9,11-12H2,1-3H3;7H,2,5H2,1,3-4H3;1-2H3/b13-10-;10-8-,12-7?;. The van der Waals surface area contributed by atoms with Crippen molar-refractivity contribution >= 4 is 6.21 Å². The number of aliphatic imine (C=N–C) groups is 1. The highest BCUT2D eigenvalue weighted by Crippen LogP contribution is 2.17. The molecule has 0 fully saturated rings. The minimum absolute atomic E-state index is 0.271. The SMILES string of the molecule is C=C=C(C)N=C/C(F)=C(\C)CC.CC.CCC/C=C\C(CCCC)CCCC. The number of nitrogens with zero attached hydrogens (tertiary/aromatic N) is 1. The normalized spacial score (nSPS) is 11.5. The van der Waals surface area contributed by atoms with E-state index in [0.717, 1.165) is 5.92 Å². The van der Waals surface area contributed by atoms with Gasteiger partial charge in [0, 0.05) is 0 Å². The van der Waals surface area contributed by atoms with E-state index in [9.17, 15) is 4.39 Å². The van der Waals surface area contributed by atoms with E-state index in [0.29, 0.717) is 17.7 Å². The lowest BCUT2D eigenvalue weighted by Crippen LogP contribution is -1.96. The van der Waals surface area contributed by atoms with E-state index in [-0.39, 0.29) is 5.83 Å². The van der Waals surface area contributed by atoms with E-state index in [1.54, 1.807) is 13.8 Å². The molecule has 0 aromatic carbocycles. The Morgan fingerprint density at radius 1 is 1.00 bits per heavy atom. The minimum Gasteiger partial charge on any atom is -0.250 e. The Balaban J connectivity index is -0.000000414. The first-order chi connectivity index (χ1) is 13.5. The molecule has 2 heteroatoms. The van der Waals surface area contributed by atoms with Crippen molar-refractivity contribution in [1.82, 2.24) is 0 Å². The minimum atomic E-state index is -0.271. The summed E-state index contributed by atoms with van der Waals surface area (Å²) in [7, 11) is 0. The molecule has 0 amide bonds. The maximum atomic E-state index is 13.0. The van der Waals surface area contributed by atoms with Crippen molar-refractivity contribution in [1.29, 1.82) is 0 Å². The lowest BCUT2D eigenvalue weighted by molar-refractivity contribution is 0.496. The summed E-state index contributed by atoms with van der Waals surface area (Å²) in [6, 6.07) is 0. The molecular weight excluding hydrogens is 345 g/mol. The van der Waals surface area contributed by atoms with Crippen LogP contribution in [0.4, 0.5) is 4.39 Å². The molecule has 28 heavy (non-hydrogen) atoms. The van der Waals surface area contributed by atoms with Gasteiger partial charge in [-0.2, -0.15) is 0 Å². The Morgan fingerprint density at radius 3 is 1.93 bits per heavy atom. The number of hydrogen-bond acceptors (Lipinski definition) is 1. The summed E-state index contributed by atoms with van der Waals surface area (Å²) in [6.45, 7) is 19.6. The fourth-order valence-corrected chi connectivity index (χ4v) is 2.20. The third kappa shape index (κ3) is 22.6. The molecule has 0 atom stereocenters. The van der Waals surface area contributed by atoms with Crippen LogP contribution in [-0.2, 0) is 0 Å². The molecule has 0 rings (SSSR count). The van der Waals surface area contributed by atoms with Crippen LogP contribution in [0.5, 0.6) is 0 Å². The summed E-state index contributed by atoms with van der Waals surface area (Å²) >= 11 is 0. The van der Waals surface area contributed by atoms with Crippen molar-refractivity contribution in [2.24, 2.45) is 10.9 Å². The van der Waals surface area contributed by atoms with Crippen molar-refractivity contribution in [3.8, 4) is 0 Å². The average molecular weight is 394 g/mol. The van der Waals surface area contributed by atoms with Crippen LogP contribution in [0.2, 0.25) is 0 Å². The number of halogens is 1. The maximum Gasteiger partial charge on any atom is 0.140 e. The highest BCUT2D eigenvalue weighted by atomic mass is 19.1. The van der Waals surface area contributed by atoms with Gasteiger partial charge in [-0.15, -0.1) is 5.73 Å². The molecule has 0 aliphatic heterocycles. The average Bonchev–Trinajstić information content (AvgIpc) is 2.74. The predicted molar refractivity (Wildman–Crippen MR) is 129 cm³/mol. The molecule has 0 N–H and O–H groups in total. The van der Waals surface area contributed by atoms with Crippen LogP contribution >= 0.6 is 0 Å². The molecule has 0 radical (unpaired) electrons. The van der Waals surface area contributed by atoms with Gasteiger partial charge in [0.2, 0.25) is 0 Å². The van der Waals surface area contributed by atoms with E-state index in [2.05, 4.69) is 50.2 Å². The third-order valence-corrected chi connectivity index (χ3v) is 4.29. The van der Waals surface area contributed by atoms with Gasteiger partial charge in [0.05, 0.1) is 11.9 Å². The summed E-state index contributed by atoms with van der Waals surface area (Å²) in [5.74, 6) is 0.591. The number of rotatable bonds is 12. The smallest absolute Gasteiger partial charge is 0.140 e. The first-order valence-corrected chi connectivity index (χ1v) is 11.4. The molecule has 0 aromatic rings. The fourth-order valence-electron chi connectivity index (χ4n) is 2.20. The molecule has 0 saturated carbocycles. The Labute approximate surface area is 176 Å². The van der Waals surface area contributed by atoms with Gasteiger partial charge in [0.15, 0.2) is 0 Å². The van der Waals surface area contributed by atoms with Gasteiger partial charge in [-0.3, -0.25) is 4.99 Å². The molecule has 0 saturated heterocycles. The van der Waals surface area contributed by atoms with E-state index < -0.39 is 0 Å². The number of allylic oxidation sites excluding steroid dienone is 5. The van der Waals surface area contributed by atoms with Crippen molar-refractivity contribution in [3.05, 3.63) is 41.6 Å². The summed E-state index contributed by atoms with van der Waals surface area (Å²) in [4.78, 5) is 3.80. The number of hydrogen-bond donors (Lipinski definition) is 0. The first kappa shape index (κ1) is 31.3. The lowest BCUT2D eigenvalue weighted by Gasteiger charge is -2.11. The van der Waals surface area contributed by atoms with Crippen LogP contribution in [-0.4, -0.2) is 6.21 Å². The molecular formula is C26H48FN. The van der Waals surface area contributed by atoms with Gasteiger partial charge in [0.1, 0.15) is 5.83 Å². The van der Waals surface area contributed by atoms with Crippen LogP contribution in [0.1, 0.15) is 113 Å². The fraction of sp³-hybridized carbons (Fsp3) is 0.692. The zero-order chi connectivity index (χ0) is 22.2. The lowest BCUT2D eigenvalue weighted by atomic mass is 9.95. The Hall–Kier alpha value is -1.40. The van der Waals surface area contributed by atoms with Crippen molar-refractivity contribution < 1.29 is 4.39 Å². The maximum absolute atomic E-state index is 13.0. The Bertz CT molecular complexity index is 457. The second-order valence-electron chi connectivity index (χ2n) is 6.76. The van der Waals surface area contributed by atoms with E-state index in [1.807, 2.05) is 20.8 Å². The predicted octanol–water partition coefficient (Wildman–Crippen LogP) is 9.76. The molecule has 0 bridgehead atoms. The molecule has 0 unspecified atom stereocenters. The van der Waals surface area contributed by atoms with Gasteiger partial charge >= 0.3 is 0 Å². The van der Waals surface area contributed by atoms with Gasteiger partial charge in [0.25, 0.3) is 0 Å². The van der Waals surface area contributed by atoms with Crippen molar-refractivity contribution in [2.75, 3.05) is 0 Å². The highest BCUT2D eigenvalue weighted by Gasteiger charge is 2.02. The van der Waals surface area contributed by atoms with Gasteiger partial charge in [-0.25, -0.2) is 4.39 Å². The summed E-state index contributed by atoms with van der Waals surface area (Å²) in [5.41, 5.74) is 3.85. The molecule has 164 valence electrons. The van der Waals surface area contributed by atoms with Gasteiger partial charge in [-0.05, 0) is 51.0 Å². The monoisotopic (exact) mass is 393 g/mol. The van der Waals surface area contributed by atoms with Crippen molar-refractivity contribution in [2.45, 2.75) is 113 Å². The van der Waals surface area contributed by atoms with E-state index in [1.165, 1.54) is 57.6 Å². The van der Waals surface area contributed by atoms with Gasteiger partial charge in [-0.1, -0.05) is 92.4 Å². The molecule has 0 aliphatic carbocycles. The van der Waals surface area contributed by atoms with Crippen LogP contribution < -0.4 is 0 Å². The molecule has 1 nitrogen and oxygen atoms in total. The summed E-state index contributed by atoms with van der Waals surface area (Å²) < 4.78 is 13.0. The van der Waals surface area contributed by atoms with Crippen LogP contribution in [0.3, 0.4) is 0 Å². The Kier molecular flexibility index (Phi) is 28.6. The van der Waals surface area contributed by atoms with E-state index >= 15 is 0 Å². The van der Waals surface area contributed by atoms with Crippen LogP contribution in [0.15, 0.2) is 46.6 Å². The van der Waals surface area contributed by atoms with Crippen LogP contribution in [0, 0.1) is 5.92 Å². The van der Waals surface area contributed by atoms with E-state index in [4.69, 9.17) is 0 Å². The zero-order valence-electron chi connectivity index (χ0n) is 20.2. The zero-order valence-corrected chi connectivity index (χ0v) is 20.2. The largest absolute Gasteiger partial charge is 0.250 e. The first-order valence-electron chi connectivity index (χ1n) is 11.4. The quantitative estimate of drug-likeness (QED) is 0.178.